The van der Waals surface area contributed by atoms with Gasteiger partial charge in [-0.25, -0.2) is 4.98 Å². The Labute approximate surface area is 146 Å². The van der Waals surface area contributed by atoms with Crippen LogP contribution in [0.15, 0.2) is 35.8 Å². The summed E-state index contributed by atoms with van der Waals surface area (Å²) < 4.78 is 0. The van der Waals surface area contributed by atoms with Gasteiger partial charge in [0.1, 0.15) is 0 Å². The van der Waals surface area contributed by atoms with E-state index < -0.39 is 0 Å². The number of aromatic nitrogens is 1. The number of thiazole rings is 1. The van der Waals surface area contributed by atoms with E-state index >= 15 is 0 Å². The van der Waals surface area contributed by atoms with Crippen LogP contribution >= 0.6 is 11.3 Å². The van der Waals surface area contributed by atoms with Crippen molar-refractivity contribution >= 4 is 34.0 Å². The van der Waals surface area contributed by atoms with E-state index in [9.17, 15) is 9.59 Å². The topological polar surface area (TPSA) is 71.1 Å². The van der Waals surface area contributed by atoms with Gasteiger partial charge in [-0.2, -0.15) is 0 Å². The molecule has 1 heterocycles. The lowest BCUT2D eigenvalue weighted by atomic mass is 9.96. The zero-order valence-electron chi connectivity index (χ0n) is 14.2. The first-order valence-corrected chi connectivity index (χ1v) is 8.92. The third kappa shape index (κ3) is 5.77. The maximum Gasteiger partial charge on any atom is 0.257 e. The second kappa shape index (κ2) is 8.59. The maximum atomic E-state index is 12.1. The maximum absolute atomic E-state index is 12.1. The van der Waals surface area contributed by atoms with Crippen molar-refractivity contribution in [1.82, 2.24) is 4.98 Å². The van der Waals surface area contributed by atoms with Gasteiger partial charge < -0.3 is 5.32 Å². The minimum Gasteiger partial charge on any atom is -0.326 e. The van der Waals surface area contributed by atoms with Crippen molar-refractivity contribution in [2.24, 2.45) is 11.8 Å². The third-order valence-corrected chi connectivity index (χ3v) is 4.18. The summed E-state index contributed by atoms with van der Waals surface area (Å²) in [5.74, 6) is 0.730. The van der Waals surface area contributed by atoms with Crippen molar-refractivity contribution in [3.63, 3.8) is 0 Å². The Kier molecular flexibility index (Phi) is 6.49. The van der Waals surface area contributed by atoms with Crippen molar-refractivity contribution in [2.45, 2.75) is 33.6 Å². The highest BCUT2D eigenvalue weighted by Crippen LogP contribution is 2.17. The van der Waals surface area contributed by atoms with Crippen molar-refractivity contribution in [1.29, 1.82) is 0 Å². The molecule has 1 atom stereocenters. The Morgan fingerprint density at radius 1 is 1.12 bits per heavy atom. The van der Waals surface area contributed by atoms with Gasteiger partial charge in [0, 0.05) is 29.2 Å². The van der Waals surface area contributed by atoms with Gasteiger partial charge in [-0.15, -0.1) is 11.3 Å². The van der Waals surface area contributed by atoms with Gasteiger partial charge in [0.15, 0.2) is 5.13 Å². The van der Waals surface area contributed by atoms with Gasteiger partial charge in [-0.05, 0) is 42.5 Å². The molecule has 6 heteroatoms. The van der Waals surface area contributed by atoms with Crippen molar-refractivity contribution in [3.05, 3.63) is 41.4 Å². The molecule has 1 aromatic heterocycles. The van der Waals surface area contributed by atoms with Crippen LogP contribution in [0.3, 0.4) is 0 Å². The molecule has 1 aromatic carbocycles. The standard InChI is InChI=1S/C18H23N3O2S/c1-12(2)10-13(3)11-16(22)20-15-6-4-14(5-7-15)17(23)21-18-19-8-9-24-18/h4-9,12-13H,10-11H2,1-3H3,(H,20,22)(H,19,21,23). The molecule has 1 unspecified atom stereocenters. The highest BCUT2D eigenvalue weighted by atomic mass is 32.1. The van der Waals surface area contributed by atoms with Crippen molar-refractivity contribution < 1.29 is 9.59 Å². The molecule has 0 radical (unpaired) electrons. The molecule has 0 saturated heterocycles. The molecule has 2 N–H and O–H groups in total. The second-order valence-corrected chi connectivity index (χ2v) is 7.25. The fourth-order valence-electron chi connectivity index (χ4n) is 2.58. The molecule has 2 amide bonds. The summed E-state index contributed by atoms with van der Waals surface area (Å²) in [5.41, 5.74) is 1.22. The second-order valence-electron chi connectivity index (χ2n) is 6.36. The van der Waals surface area contributed by atoms with Gasteiger partial charge in [0.05, 0.1) is 0 Å². The quantitative estimate of drug-likeness (QED) is 0.781. The predicted octanol–water partition coefficient (Wildman–Crippen LogP) is 4.41. The highest BCUT2D eigenvalue weighted by molar-refractivity contribution is 7.13. The molecular formula is C18H23N3O2S. The number of carbonyl (C=O) groups is 2. The van der Waals surface area contributed by atoms with E-state index in [2.05, 4.69) is 36.4 Å². The van der Waals surface area contributed by atoms with Crippen LogP contribution in [0.4, 0.5) is 10.8 Å². The van der Waals surface area contributed by atoms with Crippen LogP contribution < -0.4 is 10.6 Å². The van der Waals surface area contributed by atoms with Crippen LogP contribution in [-0.4, -0.2) is 16.8 Å². The highest BCUT2D eigenvalue weighted by Gasteiger charge is 2.12. The summed E-state index contributed by atoms with van der Waals surface area (Å²) in [6, 6.07) is 6.86. The molecule has 0 spiro atoms. The van der Waals surface area contributed by atoms with E-state index in [0.29, 0.717) is 34.6 Å². The number of carbonyl (C=O) groups excluding carboxylic acids is 2. The van der Waals surface area contributed by atoms with E-state index in [1.54, 1.807) is 35.8 Å². The van der Waals surface area contributed by atoms with Crippen molar-refractivity contribution in [3.8, 4) is 0 Å². The normalized spacial score (nSPS) is 12.0. The zero-order chi connectivity index (χ0) is 17.5. The zero-order valence-corrected chi connectivity index (χ0v) is 15.0. The van der Waals surface area contributed by atoms with E-state index in [1.165, 1.54) is 11.3 Å². The van der Waals surface area contributed by atoms with E-state index in [0.717, 1.165) is 6.42 Å². The van der Waals surface area contributed by atoms with Crippen LogP contribution in [0.25, 0.3) is 0 Å². The predicted molar refractivity (Wildman–Crippen MR) is 98.4 cm³/mol. The molecule has 0 aliphatic rings. The molecule has 0 aliphatic carbocycles. The summed E-state index contributed by atoms with van der Waals surface area (Å²) >= 11 is 1.37. The number of nitrogens with one attached hydrogen (secondary N) is 2. The molecule has 0 bridgehead atoms. The molecule has 2 rings (SSSR count). The third-order valence-electron chi connectivity index (χ3n) is 3.49. The number of amides is 2. The summed E-state index contributed by atoms with van der Waals surface area (Å²) in [5, 5.41) is 7.97. The lowest BCUT2D eigenvalue weighted by molar-refractivity contribution is -0.117. The van der Waals surface area contributed by atoms with Crippen LogP contribution in [0.5, 0.6) is 0 Å². The molecule has 0 saturated carbocycles. The summed E-state index contributed by atoms with van der Waals surface area (Å²) in [6.07, 6.45) is 3.17. The molecule has 128 valence electrons. The summed E-state index contributed by atoms with van der Waals surface area (Å²) in [7, 11) is 0. The summed E-state index contributed by atoms with van der Waals surface area (Å²) in [4.78, 5) is 28.1. The smallest absolute Gasteiger partial charge is 0.257 e. The number of anilines is 2. The molecule has 2 aromatic rings. The average Bonchev–Trinajstić information content (AvgIpc) is 2.99. The van der Waals surface area contributed by atoms with E-state index in [4.69, 9.17) is 0 Å². The Morgan fingerprint density at radius 3 is 2.42 bits per heavy atom. The van der Waals surface area contributed by atoms with E-state index in [-0.39, 0.29) is 11.8 Å². The first kappa shape index (κ1) is 18.1. The number of nitrogens with zero attached hydrogens (tertiary/aromatic N) is 1. The number of hydrogen-bond acceptors (Lipinski definition) is 4. The Morgan fingerprint density at radius 2 is 1.83 bits per heavy atom. The monoisotopic (exact) mass is 345 g/mol. The fourth-order valence-corrected chi connectivity index (χ4v) is 3.10. The largest absolute Gasteiger partial charge is 0.326 e. The van der Waals surface area contributed by atoms with Crippen LogP contribution in [-0.2, 0) is 4.79 Å². The molecular weight excluding hydrogens is 322 g/mol. The lowest BCUT2D eigenvalue weighted by Gasteiger charge is -2.13. The van der Waals surface area contributed by atoms with Gasteiger partial charge in [-0.3, -0.25) is 14.9 Å². The molecule has 24 heavy (non-hydrogen) atoms. The van der Waals surface area contributed by atoms with E-state index in [1.807, 2.05) is 0 Å². The number of hydrogen-bond donors (Lipinski definition) is 2. The Bertz CT molecular complexity index is 666. The Hall–Kier alpha value is -2.21. The van der Waals surface area contributed by atoms with Gasteiger partial charge >= 0.3 is 0 Å². The molecule has 0 fully saturated rings. The number of benzene rings is 1. The lowest BCUT2D eigenvalue weighted by Crippen LogP contribution is -2.16. The van der Waals surface area contributed by atoms with Gasteiger partial charge in [-0.1, -0.05) is 20.8 Å². The van der Waals surface area contributed by atoms with Gasteiger partial charge in [0.2, 0.25) is 5.91 Å². The molecule has 5 nitrogen and oxygen atoms in total. The fraction of sp³-hybridized carbons (Fsp3) is 0.389. The van der Waals surface area contributed by atoms with Crippen molar-refractivity contribution in [2.75, 3.05) is 10.6 Å². The first-order valence-electron chi connectivity index (χ1n) is 8.04. The molecule has 0 aliphatic heterocycles. The first-order chi connectivity index (χ1) is 11.4. The van der Waals surface area contributed by atoms with Crippen LogP contribution in [0.1, 0.15) is 44.0 Å². The SMILES string of the molecule is CC(C)CC(C)CC(=O)Nc1ccc(C(=O)Nc2nccs2)cc1. The van der Waals surface area contributed by atoms with Crippen LogP contribution in [0, 0.1) is 11.8 Å². The van der Waals surface area contributed by atoms with Gasteiger partial charge in [0.25, 0.3) is 5.91 Å². The minimum absolute atomic E-state index is 0.00290. The minimum atomic E-state index is -0.214. The van der Waals surface area contributed by atoms with Crippen LogP contribution in [0.2, 0.25) is 0 Å². The summed E-state index contributed by atoms with van der Waals surface area (Å²) in [6.45, 7) is 6.40. The Balaban J connectivity index is 1.87. The average molecular weight is 345 g/mol. The number of rotatable bonds is 7.